The van der Waals surface area contributed by atoms with Gasteiger partial charge in [-0.15, -0.1) is 0 Å². The van der Waals surface area contributed by atoms with Crippen molar-refractivity contribution >= 4 is 17.8 Å². The van der Waals surface area contributed by atoms with Crippen LogP contribution in [0, 0.1) is 0 Å². The minimum absolute atomic E-state index is 0.00693. The molecular formula is C32H27F3N2O4. The highest BCUT2D eigenvalue weighted by molar-refractivity contribution is 5.98. The average molecular weight is 561 g/mol. The van der Waals surface area contributed by atoms with E-state index in [4.69, 9.17) is 10.5 Å². The van der Waals surface area contributed by atoms with Gasteiger partial charge in [0, 0.05) is 13.0 Å². The molecule has 0 saturated heterocycles. The van der Waals surface area contributed by atoms with E-state index in [0.29, 0.717) is 11.1 Å². The topological polar surface area (TPSA) is 98.5 Å². The van der Waals surface area contributed by atoms with E-state index < -0.39 is 35.6 Å². The minimum atomic E-state index is -4.42. The lowest BCUT2D eigenvalue weighted by molar-refractivity contribution is -0.141. The number of nitrogens with two attached hydrogens (primary N) is 1. The summed E-state index contributed by atoms with van der Waals surface area (Å²) in [6.07, 6.45) is -4.53. The normalized spacial score (nSPS) is 12.0. The van der Waals surface area contributed by atoms with Crippen molar-refractivity contribution in [3.05, 3.63) is 120 Å². The zero-order valence-electron chi connectivity index (χ0n) is 21.9. The third kappa shape index (κ3) is 8.12. The molecule has 4 aromatic rings. The number of hydrogen-bond donors (Lipinski definition) is 2. The first-order valence-electron chi connectivity index (χ1n) is 12.8. The number of ether oxygens (including phenoxy) is 1. The Labute approximate surface area is 235 Å². The largest absolute Gasteiger partial charge is 0.416 e. The van der Waals surface area contributed by atoms with Gasteiger partial charge in [-0.3, -0.25) is 4.79 Å². The first-order chi connectivity index (χ1) is 19.6. The maximum absolute atomic E-state index is 12.9. The minimum Gasteiger partial charge on any atom is -0.388 e. The zero-order chi connectivity index (χ0) is 29.4. The van der Waals surface area contributed by atoms with E-state index in [2.05, 4.69) is 5.32 Å². The van der Waals surface area contributed by atoms with E-state index in [-0.39, 0.29) is 24.9 Å². The molecule has 210 valence electrons. The number of carbonyl (C=O) groups excluding carboxylic acids is 3. The van der Waals surface area contributed by atoms with Gasteiger partial charge in [0.15, 0.2) is 0 Å². The summed E-state index contributed by atoms with van der Waals surface area (Å²) in [6, 6.07) is 27.1. The van der Waals surface area contributed by atoms with Crippen LogP contribution in [-0.4, -0.2) is 23.9 Å². The Balaban J connectivity index is 1.41. The molecule has 0 fully saturated rings. The number of carbonyl (C=O) groups is 3. The fourth-order valence-electron chi connectivity index (χ4n) is 4.19. The molecule has 0 radical (unpaired) electrons. The van der Waals surface area contributed by atoms with Crippen molar-refractivity contribution < 1.29 is 32.3 Å². The van der Waals surface area contributed by atoms with Gasteiger partial charge in [0.25, 0.3) is 0 Å². The first kappa shape index (κ1) is 29.2. The first-order valence-corrected chi connectivity index (χ1v) is 12.8. The van der Waals surface area contributed by atoms with E-state index in [1.54, 1.807) is 48.5 Å². The van der Waals surface area contributed by atoms with Crippen molar-refractivity contribution in [3.8, 4) is 22.3 Å². The molecule has 0 aromatic heterocycles. The molecule has 0 aliphatic heterocycles. The maximum Gasteiger partial charge on any atom is 0.416 e. The van der Waals surface area contributed by atoms with Crippen LogP contribution in [-0.2, 0) is 27.0 Å². The van der Waals surface area contributed by atoms with E-state index >= 15 is 0 Å². The third-order valence-electron chi connectivity index (χ3n) is 6.41. The van der Waals surface area contributed by atoms with Crippen molar-refractivity contribution in [1.29, 1.82) is 0 Å². The molecule has 6 nitrogen and oxygen atoms in total. The van der Waals surface area contributed by atoms with Crippen LogP contribution in [0.2, 0.25) is 0 Å². The van der Waals surface area contributed by atoms with E-state index in [0.717, 1.165) is 28.8 Å². The number of primary amides is 1. The average Bonchev–Trinajstić information content (AvgIpc) is 2.97. The van der Waals surface area contributed by atoms with Crippen LogP contribution >= 0.6 is 0 Å². The molecule has 1 amide bonds. The standard InChI is InChI=1S/C32H27F3N2O4/c33-32(34,35)27-15-13-24(14-16-27)26-8-4-5-21(19-26)20-37-28(17-18-29(36)38)31(40)41-30(39)25-11-9-23(10-12-25)22-6-2-1-3-7-22/h1-16,19,28,37H,17-18,20H2,(H2,36,38)/t28-/m0/s1. The number of rotatable bonds is 10. The van der Waals surface area contributed by atoms with E-state index in [1.807, 2.05) is 30.3 Å². The van der Waals surface area contributed by atoms with E-state index in [9.17, 15) is 27.6 Å². The third-order valence-corrected chi connectivity index (χ3v) is 6.41. The van der Waals surface area contributed by atoms with Crippen LogP contribution in [0.4, 0.5) is 13.2 Å². The summed E-state index contributed by atoms with van der Waals surface area (Å²) >= 11 is 0. The van der Waals surface area contributed by atoms with Crippen LogP contribution in [0.5, 0.6) is 0 Å². The highest BCUT2D eigenvalue weighted by Gasteiger charge is 2.30. The summed E-state index contributed by atoms with van der Waals surface area (Å²) in [5.41, 5.74) is 8.59. The van der Waals surface area contributed by atoms with Gasteiger partial charge >= 0.3 is 18.1 Å². The Morgan fingerprint density at radius 3 is 1.98 bits per heavy atom. The Morgan fingerprint density at radius 1 is 0.756 bits per heavy atom. The molecule has 0 unspecified atom stereocenters. The van der Waals surface area contributed by atoms with Crippen LogP contribution in [0.3, 0.4) is 0 Å². The Morgan fingerprint density at radius 2 is 1.34 bits per heavy atom. The predicted molar refractivity (Wildman–Crippen MR) is 148 cm³/mol. The molecular weight excluding hydrogens is 533 g/mol. The number of amides is 1. The number of halogens is 3. The highest BCUT2D eigenvalue weighted by Crippen LogP contribution is 2.31. The molecule has 4 rings (SSSR count). The summed E-state index contributed by atoms with van der Waals surface area (Å²) < 4.78 is 43.8. The second-order valence-electron chi connectivity index (χ2n) is 9.37. The van der Waals surface area contributed by atoms with Crippen molar-refractivity contribution in [2.45, 2.75) is 31.6 Å². The van der Waals surface area contributed by atoms with Crippen molar-refractivity contribution in [1.82, 2.24) is 5.32 Å². The molecule has 0 heterocycles. The lowest BCUT2D eigenvalue weighted by atomic mass is 10.0. The van der Waals surface area contributed by atoms with Crippen molar-refractivity contribution in [2.75, 3.05) is 0 Å². The second-order valence-corrected chi connectivity index (χ2v) is 9.37. The second kappa shape index (κ2) is 13.1. The lowest BCUT2D eigenvalue weighted by Crippen LogP contribution is -2.39. The predicted octanol–water partition coefficient (Wildman–Crippen LogP) is 6.15. The SMILES string of the molecule is NC(=O)CC[C@H](NCc1cccc(-c2ccc(C(F)(F)F)cc2)c1)C(=O)OC(=O)c1ccc(-c2ccccc2)cc1. The molecule has 1 atom stereocenters. The number of hydrogen-bond acceptors (Lipinski definition) is 5. The summed E-state index contributed by atoms with van der Waals surface area (Å²) in [5.74, 6) is -2.30. The number of esters is 2. The smallest absolute Gasteiger partial charge is 0.388 e. The summed E-state index contributed by atoms with van der Waals surface area (Å²) in [4.78, 5) is 37.0. The van der Waals surface area contributed by atoms with Gasteiger partial charge in [0.2, 0.25) is 5.91 Å². The molecule has 9 heteroatoms. The number of nitrogens with one attached hydrogen (secondary N) is 1. The lowest BCUT2D eigenvalue weighted by Gasteiger charge is -2.17. The Hall–Kier alpha value is -4.76. The zero-order valence-corrected chi connectivity index (χ0v) is 21.9. The van der Waals surface area contributed by atoms with Gasteiger partial charge in [-0.25, -0.2) is 9.59 Å². The van der Waals surface area contributed by atoms with Crippen LogP contribution in [0.1, 0.15) is 34.3 Å². The molecule has 3 N–H and O–H groups in total. The van der Waals surface area contributed by atoms with Gasteiger partial charge in [0.1, 0.15) is 6.04 Å². The highest BCUT2D eigenvalue weighted by atomic mass is 19.4. The number of alkyl halides is 3. The molecule has 0 aliphatic rings. The fraction of sp³-hybridized carbons (Fsp3) is 0.156. The molecule has 0 spiro atoms. The fourth-order valence-corrected chi connectivity index (χ4v) is 4.19. The monoisotopic (exact) mass is 560 g/mol. The van der Waals surface area contributed by atoms with Gasteiger partial charge in [-0.2, -0.15) is 13.2 Å². The number of benzene rings is 4. The van der Waals surface area contributed by atoms with E-state index in [1.165, 1.54) is 12.1 Å². The molecule has 0 aliphatic carbocycles. The van der Waals surface area contributed by atoms with Crippen LogP contribution in [0.25, 0.3) is 22.3 Å². The summed E-state index contributed by atoms with van der Waals surface area (Å²) in [5, 5.41) is 3.00. The summed E-state index contributed by atoms with van der Waals surface area (Å²) in [6.45, 7) is 0.160. The van der Waals surface area contributed by atoms with Crippen molar-refractivity contribution in [2.24, 2.45) is 5.73 Å². The van der Waals surface area contributed by atoms with Gasteiger partial charge in [0.05, 0.1) is 11.1 Å². The maximum atomic E-state index is 12.9. The Bertz CT molecular complexity index is 1500. The molecule has 0 bridgehead atoms. The van der Waals surface area contributed by atoms with Crippen LogP contribution < -0.4 is 11.1 Å². The molecule has 0 saturated carbocycles. The van der Waals surface area contributed by atoms with Gasteiger partial charge in [-0.05, 0) is 64.6 Å². The quantitative estimate of drug-likeness (QED) is 0.179. The Kier molecular flexibility index (Phi) is 9.31. The van der Waals surface area contributed by atoms with Crippen molar-refractivity contribution in [3.63, 3.8) is 0 Å². The van der Waals surface area contributed by atoms with Gasteiger partial charge in [-0.1, -0.05) is 72.8 Å². The molecule has 41 heavy (non-hydrogen) atoms. The van der Waals surface area contributed by atoms with Gasteiger partial charge < -0.3 is 15.8 Å². The summed E-state index contributed by atoms with van der Waals surface area (Å²) in [7, 11) is 0. The molecule has 4 aromatic carbocycles. The van der Waals surface area contributed by atoms with Crippen LogP contribution in [0.15, 0.2) is 103 Å².